The van der Waals surface area contributed by atoms with Gasteiger partial charge in [-0.05, 0) is 12.5 Å². The van der Waals surface area contributed by atoms with Crippen molar-refractivity contribution in [2.24, 2.45) is 0 Å². The molecule has 2 rings (SSSR count). The molecule has 1 aromatic carbocycles. The summed E-state index contributed by atoms with van der Waals surface area (Å²) in [5.41, 5.74) is -0.0306. The molecular weight excluding hydrogens is 186 g/mol. The Labute approximate surface area is 80.1 Å². The number of Topliss-reactive ketones (excluding diaryl/α,β-unsaturated/α-hetero) is 1. The highest BCUT2D eigenvalue weighted by Crippen LogP contribution is 2.55. The van der Waals surface area contributed by atoms with Gasteiger partial charge in [-0.15, -0.1) is 0 Å². The molecule has 1 aliphatic rings. The van der Waals surface area contributed by atoms with Crippen LogP contribution >= 0.6 is 0 Å². The minimum atomic E-state index is -3.01. The first kappa shape index (κ1) is 9.06. The van der Waals surface area contributed by atoms with E-state index < -0.39 is 11.7 Å². The van der Waals surface area contributed by atoms with Gasteiger partial charge < -0.3 is 0 Å². The largest absolute Gasteiger partial charge is 0.303 e. The predicted octanol–water partition coefficient (Wildman–Crippen LogP) is 2.68. The van der Waals surface area contributed by atoms with Crippen LogP contribution in [0, 0.1) is 0 Å². The first-order valence-corrected chi connectivity index (χ1v) is 4.24. The monoisotopic (exact) mass is 194 g/mol. The summed E-state index contributed by atoms with van der Waals surface area (Å²) in [4.78, 5) is 10.9. The van der Waals surface area contributed by atoms with Crippen LogP contribution < -0.4 is 0 Å². The Morgan fingerprint density at radius 1 is 1.21 bits per heavy atom. The minimum absolute atomic E-state index is 0.120. The zero-order valence-electron chi connectivity index (χ0n) is 7.55. The first-order valence-electron chi connectivity index (χ1n) is 4.24. The van der Waals surface area contributed by atoms with E-state index in [-0.39, 0.29) is 11.1 Å². The van der Waals surface area contributed by atoms with Crippen LogP contribution in [0.5, 0.6) is 0 Å². The maximum absolute atomic E-state index is 13.1. The smallest absolute Gasteiger partial charge is 0.295 e. The number of halogens is 2. The molecule has 14 heavy (non-hydrogen) atoms. The van der Waals surface area contributed by atoms with Crippen LogP contribution in [-0.2, 0) is 4.79 Å². The topological polar surface area (TPSA) is 17.1 Å². The van der Waals surface area contributed by atoms with E-state index in [0.717, 1.165) is 0 Å². The summed E-state index contributed by atoms with van der Waals surface area (Å²) < 4.78 is 26.2. The third kappa shape index (κ3) is 1.16. The van der Waals surface area contributed by atoms with E-state index in [4.69, 9.17) is 0 Å². The summed E-state index contributed by atoms with van der Waals surface area (Å²) >= 11 is 0. The number of benzene rings is 1. The minimum Gasteiger partial charge on any atom is -0.295 e. The average Bonchev–Trinajstić information content (AvgIpc) is 2.71. The van der Waals surface area contributed by atoms with Gasteiger partial charge in [-0.2, -0.15) is 8.78 Å². The lowest BCUT2D eigenvalue weighted by Gasteiger charge is -1.96. The Balaban J connectivity index is 2.43. The molecule has 1 aromatic rings. The molecule has 3 heteroatoms. The molecule has 0 saturated carbocycles. The summed E-state index contributed by atoms with van der Waals surface area (Å²) in [5, 5.41) is 0. The molecule has 0 aromatic heterocycles. The van der Waals surface area contributed by atoms with Gasteiger partial charge in [-0.1, -0.05) is 30.3 Å². The van der Waals surface area contributed by atoms with Crippen molar-refractivity contribution in [3.05, 3.63) is 41.5 Å². The van der Waals surface area contributed by atoms with Gasteiger partial charge in [0.15, 0.2) is 5.78 Å². The molecule has 0 saturated heterocycles. The third-order valence-corrected chi connectivity index (χ3v) is 2.23. The Morgan fingerprint density at radius 3 is 2.21 bits per heavy atom. The Hall–Kier alpha value is -1.51. The van der Waals surface area contributed by atoms with Gasteiger partial charge in [0.25, 0.3) is 0 Å². The third-order valence-electron chi connectivity index (χ3n) is 2.23. The Morgan fingerprint density at radius 2 is 1.79 bits per heavy atom. The molecule has 0 N–H and O–H groups in total. The number of carbonyl (C=O) groups is 1. The number of hydrogen-bond acceptors (Lipinski definition) is 1. The molecule has 72 valence electrons. The SMILES string of the molecule is CC(=O)C1=C(c2ccccc2)C1(F)F. The predicted molar refractivity (Wildman–Crippen MR) is 49.0 cm³/mol. The molecule has 0 aliphatic heterocycles. The standard InChI is InChI=1S/C11H8F2O/c1-7(14)9-10(11(9,12)13)8-5-3-2-4-6-8/h2-6H,1H3. The van der Waals surface area contributed by atoms with E-state index in [1.54, 1.807) is 30.3 Å². The fraction of sp³-hybridized carbons (Fsp3) is 0.182. The molecular formula is C11H8F2O. The van der Waals surface area contributed by atoms with E-state index in [2.05, 4.69) is 0 Å². The van der Waals surface area contributed by atoms with Crippen molar-refractivity contribution in [2.75, 3.05) is 0 Å². The molecule has 1 nitrogen and oxygen atoms in total. The Kier molecular flexibility index (Phi) is 1.77. The lowest BCUT2D eigenvalue weighted by molar-refractivity contribution is -0.114. The summed E-state index contributed by atoms with van der Waals surface area (Å²) in [6.07, 6.45) is 0. The van der Waals surface area contributed by atoms with Gasteiger partial charge in [0.05, 0.1) is 5.57 Å². The summed E-state index contributed by atoms with van der Waals surface area (Å²) in [6.45, 7) is 1.17. The second kappa shape index (κ2) is 2.74. The number of hydrogen-bond donors (Lipinski definition) is 0. The first-order chi connectivity index (χ1) is 6.55. The second-order valence-corrected chi connectivity index (χ2v) is 3.25. The second-order valence-electron chi connectivity index (χ2n) is 3.25. The van der Waals surface area contributed by atoms with Crippen molar-refractivity contribution in [3.8, 4) is 0 Å². The zero-order chi connectivity index (χ0) is 10.3. The van der Waals surface area contributed by atoms with Crippen LogP contribution in [0.4, 0.5) is 8.78 Å². The van der Waals surface area contributed by atoms with Crippen LogP contribution in [0.25, 0.3) is 5.57 Å². The van der Waals surface area contributed by atoms with Gasteiger partial charge in [0.1, 0.15) is 0 Å². The Bertz CT molecular complexity index is 418. The van der Waals surface area contributed by atoms with Crippen LogP contribution in [0.2, 0.25) is 0 Å². The maximum atomic E-state index is 13.1. The fourth-order valence-electron chi connectivity index (χ4n) is 1.56. The van der Waals surface area contributed by atoms with Crippen molar-refractivity contribution in [3.63, 3.8) is 0 Å². The normalized spacial score (nSPS) is 18.2. The van der Waals surface area contributed by atoms with Crippen LogP contribution in [-0.4, -0.2) is 11.7 Å². The van der Waals surface area contributed by atoms with E-state index >= 15 is 0 Å². The van der Waals surface area contributed by atoms with Gasteiger partial charge >= 0.3 is 5.92 Å². The lowest BCUT2D eigenvalue weighted by Crippen LogP contribution is -2.01. The number of carbonyl (C=O) groups excluding carboxylic acids is 1. The van der Waals surface area contributed by atoms with Crippen LogP contribution in [0.15, 0.2) is 35.9 Å². The number of rotatable bonds is 2. The molecule has 0 radical (unpaired) electrons. The van der Waals surface area contributed by atoms with Crippen LogP contribution in [0.3, 0.4) is 0 Å². The van der Waals surface area contributed by atoms with E-state index in [0.29, 0.717) is 5.56 Å². The average molecular weight is 194 g/mol. The molecule has 0 atom stereocenters. The number of ketones is 1. The van der Waals surface area contributed by atoms with E-state index in [9.17, 15) is 13.6 Å². The summed E-state index contributed by atoms with van der Waals surface area (Å²) in [7, 11) is 0. The molecule has 0 fully saturated rings. The molecule has 0 heterocycles. The number of allylic oxidation sites excluding steroid dienone is 2. The zero-order valence-corrected chi connectivity index (χ0v) is 7.55. The van der Waals surface area contributed by atoms with E-state index in [1.165, 1.54) is 6.92 Å². The van der Waals surface area contributed by atoms with Gasteiger partial charge in [-0.25, -0.2) is 0 Å². The van der Waals surface area contributed by atoms with Crippen molar-refractivity contribution < 1.29 is 13.6 Å². The summed E-state index contributed by atoms with van der Waals surface area (Å²) in [6, 6.07) is 8.26. The van der Waals surface area contributed by atoms with E-state index in [1.807, 2.05) is 0 Å². The quantitative estimate of drug-likeness (QED) is 0.707. The molecule has 0 unspecified atom stereocenters. The highest BCUT2D eigenvalue weighted by molar-refractivity contribution is 6.15. The molecule has 0 spiro atoms. The maximum Gasteiger partial charge on any atom is 0.303 e. The molecule has 0 bridgehead atoms. The fourth-order valence-corrected chi connectivity index (χ4v) is 1.56. The van der Waals surface area contributed by atoms with Crippen LogP contribution in [0.1, 0.15) is 12.5 Å². The van der Waals surface area contributed by atoms with Crippen molar-refractivity contribution >= 4 is 11.4 Å². The van der Waals surface area contributed by atoms with Crippen molar-refractivity contribution in [2.45, 2.75) is 12.8 Å². The highest BCUT2D eigenvalue weighted by Gasteiger charge is 2.58. The van der Waals surface area contributed by atoms with Gasteiger partial charge in [0, 0.05) is 5.57 Å². The van der Waals surface area contributed by atoms with Crippen molar-refractivity contribution in [1.82, 2.24) is 0 Å². The van der Waals surface area contributed by atoms with Gasteiger partial charge in [0.2, 0.25) is 0 Å². The van der Waals surface area contributed by atoms with Gasteiger partial charge in [-0.3, -0.25) is 4.79 Å². The summed E-state index contributed by atoms with van der Waals surface area (Å²) in [5.74, 6) is -3.55. The highest BCUT2D eigenvalue weighted by atomic mass is 19.3. The molecule has 0 amide bonds. The lowest BCUT2D eigenvalue weighted by atomic mass is 10.2. The number of alkyl halides is 2. The molecule has 1 aliphatic carbocycles. The van der Waals surface area contributed by atoms with Crippen molar-refractivity contribution in [1.29, 1.82) is 0 Å².